The van der Waals surface area contributed by atoms with E-state index in [-0.39, 0.29) is 6.04 Å². The van der Waals surface area contributed by atoms with Crippen molar-refractivity contribution < 1.29 is 4.79 Å². The molecule has 118 valence electrons. The predicted molar refractivity (Wildman–Crippen MR) is 94.6 cm³/mol. The maximum atomic E-state index is 12.0. The summed E-state index contributed by atoms with van der Waals surface area (Å²) >= 11 is 0. The van der Waals surface area contributed by atoms with E-state index in [0.29, 0.717) is 5.57 Å². The molecule has 2 aromatic carbocycles. The molecular weight excluding hydrogens is 298 g/mol. The molecule has 4 heteroatoms. The number of allylic oxidation sites excluding steroid dienone is 1. The SMILES string of the molecule is Cc1cc2n(n1)C(c1ccccc1)C(C=O)=C(c1ccccc1)N2. The molecule has 1 aliphatic heterocycles. The highest BCUT2D eigenvalue weighted by molar-refractivity contribution is 5.95. The van der Waals surface area contributed by atoms with Crippen LogP contribution in [0.3, 0.4) is 0 Å². The third kappa shape index (κ3) is 2.33. The highest BCUT2D eigenvalue weighted by atomic mass is 16.1. The van der Waals surface area contributed by atoms with E-state index < -0.39 is 0 Å². The summed E-state index contributed by atoms with van der Waals surface area (Å²) in [7, 11) is 0. The Bertz CT molecular complexity index is 911. The lowest BCUT2D eigenvalue weighted by Crippen LogP contribution is -2.25. The van der Waals surface area contributed by atoms with Crippen molar-refractivity contribution in [2.45, 2.75) is 13.0 Å². The average Bonchev–Trinajstić information content (AvgIpc) is 3.01. The van der Waals surface area contributed by atoms with Crippen LogP contribution in [0.5, 0.6) is 0 Å². The fourth-order valence-corrected chi connectivity index (χ4v) is 3.20. The van der Waals surface area contributed by atoms with Gasteiger partial charge in [0.1, 0.15) is 11.9 Å². The molecule has 1 N–H and O–H groups in total. The highest BCUT2D eigenvalue weighted by Crippen LogP contribution is 2.38. The first-order valence-electron chi connectivity index (χ1n) is 7.91. The molecular formula is C20H17N3O. The first-order chi connectivity index (χ1) is 11.8. The molecule has 0 saturated heterocycles. The number of hydrogen-bond acceptors (Lipinski definition) is 3. The fourth-order valence-electron chi connectivity index (χ4n) is 3.20. The highest BCUT2D eigenvalue weighted by Gasteiger charge is 2.30. The molecule has 1 unspecified atom stereocenters. The van der Waals surface area contributed by atoms with E-state index in [9.17, 15) is 4.79 Å². The minimum Gasteiger partial charge on any atom is -0.340 e. The van der Waals surface area contributed by atoms with Crippen LogP contribution in [0.4, 0.5) is 5.82 Å². The number of aldehydes is 1. The zero-order valence-electron chi connectivity index (χ0n) is 13.3. The van der Waals surface area contributed by atoms with E-state index in [1.807, 2.05) is 78.3 Å². The number of fused-ring (bicyclic) bond motifs is 1. The molecule has 0 spiro atoms. The second kappa shape index (κ2) is 5.81. The van der Waals surface area contributed by atoms with Gasteiger partial charge in [-0.3, -0.25) is 4.79 Å². The average molecular weight is 315 g/mol. The molecule has 0 amide bonds. The van der Waals surface area contributed by atoms with Gasteiger partial charge in [0.05, 0.1) is 11.4 Å². The first-order valence-corrected chi connectivity index (χ1v) is 7.91. The molecule has 1 aliphatic rings. The van der Waals surface area contributed by atoms with E-state index in [1.54, 1.807) is 0 Å². The van der Waals surface area contributed by atoms with Crippen molar-refractivity contribution >= 4 is 17.8 Å². The first kappa shape index (κ1) is 14.5. The van der Waals surface area contributed by atoms with Crippen LogP contribution in [0.1, 0.15) is 22.9 Å². The van der Waals surface area contributed by atoms with Gasteiger partial charge in [-0.1, -0.05) is 60.7 Å². The van der Waals surface area contributed by atoms with Crippen LogP contribution in [0.15, 0.2) is 72.3 Å². The summed E-state index contributed by atoms with van der Waals surface area (Å²) in [4.78, 5) is 12.0. The van der Waals surface area contributed by atoms with Gasteiger partial charge < -0.3 is 5.32 Å². The van der Waals surface area contributed by atoms with Gasteiger partial charge in [0.2, 0.25) is 0 Å². The topological polar surface area (TPSA) is 46.9 Å². The molecule has 3 aromatic rings. The number of rotatable bonds is 3. The molecule has 0 aliphatic carbocycles. The lowest BCUT2D eigenvalue weighted by atomic mass is 9.93. The third-order valence-corrected chi connectivity index (χ3v) is 4.24. The number of nitrogens with one attached hydrogen (secondary N) is 1. The van der Waals surface area contributed by atoms with E-state index in [2.05, 4.69) is 10.4 Å². The van der Waals surface area contributed by atoms with Gasteiger partial charge in [-0.2, -0.15) is 5.10 Å². The molecule has 0 radical (unpaired) electrons. The smallest absolute Gasteiger partial charge is 0.150 e. The Morgan fingerprint density at radius 1 is 1.04 bits per heavy atom. The second-order valence-electron chi connectivity index (χ2n) is 5.87. The number of aromatic nitrogens is 2. The Balaban J connectivity index is 1.96. The van der Waals surface area contributed by atoms with Crippen molar-refractivity contribution in [3.05, 3.63) is 89.1 Å². The van der Waals surface area contributed by atoms with Crippen LogP contribution in [0.2, 0.25) is 0 Å². The lowest BCUT2D eigenvalue weighted by molar-refractivity contribution is -0.105. The zero-order valence-corrected chi connectivity index (χ0v) is 13.3. The summed E-state index contributed by atoms with van der Waals surface area (Å²) in [6.45, 7) is 1.96. The number of benzene rings is 2. The number of aryl methyl sites for hydroxylation is 1. The van der Waals surface area contributed by atoms with E-state index >= 15 is 0 Å². The van der Waals surface area contributed by atoms with E-state index in [1.165, 1.54) is 0 Å². The van der Waals surface area contributed by atoms with E-state index in [4.69, 9.17) is 0 Å². The van der Waals surface area contributed by atoms with Crippen molar-refractivity contribution in [1.29, 1.82) is 0 Å². The van der Waals surface area contributed by atoms with Gasteiger partial charge >= 0.3 is 0 Å². The number of hydrogen-bond donors (Lipinski definition) is 1. The Labute approximate surface area is 140 Å². The molecule has 4 rings (SSSR count). The van der Waals surface area contributed by atoms with Crippen molar-refractivity contribution in [3.63, 3.8) is 0 Å². The lowest BCUT2D eigenvalue weighted by Gasteiger charge is -2.29. The summed E-state index contributed by atoms with van der Waals surface area (Å²) in [5.41, 5.74) is 4.47. The van der Waals surface area contributed by atoms with Crippen LogP contribution < -0.4 is 5.32 Å². The predicted octanol–water partition coefficient (Wildman–Crippen LogP) is 3.82. The van der Waals surface area contributed by atoms with Crippen LogP contribution >= 0.6 is 0 Å². The zero-order chi connectivity index (χ0) is 16.5. The van der Waals surface area contributed by atoms with Gasteiger partial charge in [0, 0.05) is 11.6 Å². The molecule has 1 atom stereocenters. The Morgan fingerprint density at radius 3 is 2.38 bits per heavy atom. The second-order valence-corrected chi connectivity index (χ2v) is 5.87. The van der Waals surface area contributed by atoms with Gasteiger partial charge in [-0.15, -0.1) is 0 Å². The van der Waals surface area contributed by atoms with Crippen molar-refractivity contribution in [2.24, 2.45) is 0 Å². The van der Waals surface area contributed by atoms with Gasteiger partial charge in [0.15, 0.2) is 6.29 Å². The fraction of sp³-hybridized carbons (Fsp3) is 0.100. The van der Waals surface area contributed by atoms with Crippen LogP contribution in [0, 0.1) is 6.92 Å². The Kier molecular flexibility index (Phi) is 3.50. The van der Waals surface area contributed by atoms with Crippen molar-refractivity contribution in [3.8, 4) is 0 Å². The van der Waals surface area contributed by atoms with Gasteiger partial charge in [-0.25, -0.2) is 4.68 Å². The number of anilines is 1. The van der Waals surface area contributed by atoms with Crippen LogP contribution in [0.25, 0.3) is 5.70 Å². The number of nitrogens with zero attached hydrogens (tertiary/aromatic N) is 2. The monoisotopic (exact) mass is 315 g/mol. The maximum Gasteiger partial charge on any atom is 0.150 e. The minimum absolute atomic E-state index is 0.233. The Morgan fingerprint density at radius 2 is 1.71 bits per heavy atom. The van der Waals surface area contributed by atoms with Crippen molar-refractivity contribution in [2.75, 3.05) is 5.32 Å². The molecule has 0 saturated carbocycles. The quantitative estimate of drug-likeness (QED) is 0.748. The van der Waals surface area contributed by atoms with Crippen LogP contribution in [-0.2, 0) is 4.79 Å². The van der Waals surface area contributed by atoms with Gasteiger partial charge in [0.25, 0.3) is 0 Å². The minimum atomic E-state index is -0.233. The maximum absolute atomic E-state index is 12.0. The van der Waals surface area contributed by atoms with E-state index in [0.717, 1.165) is 34.6 Å². The standard InChI is InChI=1S/C20H17N3O/c1-14-12-18-21-19(15-8-4-2-5-9-15)17(13-24)20(23(18)22-14)16-10-6-3-7-11-16/h2-13,20-21H,1H3. The number of carbonyl (C=O) groups excluding carboxylic acids is 1. The van der Waals surface area contributed by atoms with Crippen LogP contribution in [-0.4, -0.2) is 16.1 Å². The summed E-state index contributed by atoms with van der Waals surface area (Å²) in [5, 5.41) is 7.98. The molecule has 2 heterocycles. The molecule has 4 nitrogen and oxygen atoms in total. The largest absolute Gasteiger partial charge is 0.340 e. The Hall–Kier alpha value is -3.14. The number of carbonyl (C=O) groups is 1. The molecule has 1 aromatic heterocycles. The summed E-state index contributed by atoms with van der Waals surface area (Å²) in [5.74, 6) is 0.894. The third-order valence-electron chi connectivity index (χ3n) is 4.24. The molecule has 24 heavy (non-hydrogen) atoms. The normalized spacial score (nSPS) is 16.5. The summed E-state index contributed by atoms with van der Waals surface area (Å²) in [6.07, 6.45) is 0.937. The van der Waals surface area contributed by atoms with Crippen molar-refractivity contribution in [1.82, 2.24) is 9.78 Å². The van der Waals surface area contributed by atoms with Gasteiger partial charge in [-0.05, 0) is 18.1 Å². The molecule has 0 fully saturated rings. The summed E-state index contributed by atoms with van der Waals surface area (Å²) < 4.78 is 1.89. The molecule has 0 bridgehead atoms. The summed E-state index contributed by atoms with van der Waals surface area (Å²) in [6, 6.07) is 21.7.